The number of piperidine rings is 1. The van der Waals surface area contributed by atoms with E-state index in [1.165, 1.54) is 0 Å². The summed E-state index contributed by atoms with van der Waals surface area (Å²) in [5.74, 6) is 0.579. The van der Waals surface area contributed by atoms with Gasteiger partial charge in [0.15, 0.2) is 0 Å². The molecule has 1 fully saturated rings. The van der Waals surface area contributed by atoms with E-state index in [4.69, 9.17) is 16.3 Å². The third kappa shape index (κ3) is 3.06. The number of alkyl halides is 1. The topological polar surface area (TPSA) is 38.2 Å². The van der Waals surface area contributed by atoms with Crippen LogP contribution in [0.25, 0.3) is 0 Å². The second kappa shape index (κ2) is 5.80. The van der Waals surface area contributed by atoms with Gasteiger partial charge in [-0.05, 0) is 19.8 Å². The Hall–Kier alpha value is -0.390. The van der Waals surface area contributed by atoms with Crippen molar-refractivity contribution in [3.63, 3.8) is 0 Å². The quantitative estimate of drug-likeness (QED) is 0.778. The molecule has 0 saturated carbocycles. The highest BCUT2D eigenvalue weighted by molar-refractivity contribution is 7.15. The summed E-state index contributed by atoms with van der Waals surface area (Å²) in [5, 5.41) is 10.3. The molecule has 2 rings (SSSR count). The highest BCUT2D eigenvalue weighted by atomic mass is 35.5. The number of aromatic nitrogens is 2. The molecule has 0 unspecified atom stereocenters. The summed E-state index contributed by atoms with van der Waals surface area (Å²) in [4.78, 5) is 2.28. The van der Waals surface area contributed by atoms with Gasteiger partial charge in [-0.2, -0.15) is 0 Å². The molecule has 0 aromatic carbocycles. The first kappa shape index (κ1) is 12.1. The first-order chi connectivity index (χ1) is 7.79. The minimum atomic E-state index is 0.365. The summed E-state index contributed by atoms with van der Waals surface area (Å²) in [6.45, 7) is 4.64. The van der Waals surface area contributed by atoms with Gasteiger partial charge in [-0.3, -0.25) is 0 Å². The molecule has 4 nitrogen and oxygen atoms in total. The molecular formula is C10H16ClN3OS. The summed E-state index contributed by atoms with van der Waals surface area (Å²) >= 11 is 7.25. The van der Waals surface area contributed by atoms with Crippen LogP contribution in [-0.2, 0) is 4.74 Å². The van der Waals surface area contributed by atoms with Crippen molar-refractivity contribution in [3.8, 4) is 0 Å². The van der Waals surface area contributed by atoms with E-state index < -0.39 is 0 Å². The molecule has 0 aliphatic carbocycles. The summed E-state index contributed by atoms with van der Waals surface area (Å²) in [6, 6.07) is 0. The molecule has 1 aromatic heterocycles. The lowest BCUT2D eigenvalue weighted by Crippen LogP contribution is -2.37. The Morgan fingerprint density at radius 3 is 2.75 bits per heavy atom. The molecule has 6 heteroatoms. The number of aryl methyl sites for hydroxylation is 1. The van der Waals surface area contributed by atoms with Crippen LogP contribution in [0.2, 0.25) is 0 Å². The van der Waals surface area contributed by atoms with Crippen LogP contribution in [0, 0.1) is 6.92 Å². The van der Waals surface area contributed by atoms with Crippen molar-refractivity contribution < 1.29 is 4.74 Å². The van der Waals surface area contributed by atoms with Crippen LogP contribution in [0.3, 0.4) is 0 Å². The predicted molar refractivity (Wildman–Crippen MR) is 66.6 cm³/mol. The molecule has 2 heterocycles. The molecule has 90 valence electrons. The van der Waals surface area contributed by atoms with Crippen LogP contribution in [0.15, 0.2) is 0 Å². The van der Waals surface area contributed by atoms with Gasteiger partial charge in [0.05, 0.1) is 12.7 Å². The van der Waals surface area contributed by atoms with Gasteiger partial charge in [0.25, 0.3) is 0 Å². The summed E-state index contributed by atoms with van der Waals surface area (Å²) < 4.78 is 5.63. The second-order valence-corrected chi connectivity index (χ2v) is 5.39. The molecule has 0 N–H and O–H groups in total. The minimum absolute atomic E-state index is 0.365. The van der Waals surface area contributed by atoms with Crippen LogP contribution in [0.1, 0.15) is 17.8 Å². The van der Waals surface area contributed by atoms with E-state index in [2.05, 4.69) is 15.1 Å². The van der Waals surface area contributed by atoms with Gasteiger partial charge < -0.3 is 9.64 Å². The number of hydrogen-bond acceptors (Lipinski definition) is 5. The Bertz CT molecular complexity index is 326. The van der Waals surface area contributed by atoms with E-state index in [-0.39, 0.29) is 0 Å². The number of ether oxygens (including phenoxy) is 1. The zero-order chi connectivity index (χ0) is 11.4. The van der Waals surface area contributed by atoms with Gasteiger partial charge in [-0.1, -0.05) is 11.3 Å². The van der Waals surface area contributed by atoms with E-state index in [0.29, 0.717) is 18.6 Å². The Labute approximate surface area is 105 Å². The zero-order valence-corrected chi connectivity index (χ0v) is 10.9. The summed E-state index contributed by atoms with van der Waals surface area (Å²) in [5.41, 5.74) is 0. The van der Waals surface area contributed by atoms with Crippen LogP contribution >= 0.6 is 22.9 Å². The normalized spacial score (nSPS) is 18.0. The van der Waals surface area contributed by atoms with Crippen LogP contribution in [-0.4, -0.2) is 41.9 Å². The number of rotatable bonds is 4. The predicted octanol–water partition coefficient (Wildman–Crippen LogP) is 2.07. The highest BCUT2D eigenvalue weighted by Crippen LogP contribution is 2.24. The number of hydrogen-bond donors (Lipinski definition) is 0. The van der Waals surface area contributed by atoms with Crippen molar-refractivity contribution in [1.82, 2.24) is 10.2 Å². The number of anilines is 1. The second-order valence-electron chi connectivity index (χ2n) is 3.85. The smallest absolute Gasteiger partial charge is 0.208 e. The Kier molecular flexibility index (Phi) is 4.37. The molecule has 1 aliphatic heterocycles. The number of nitrogens with zero attached hydrogens (tertiary/aromatic N) is 3. The molecule has 1 aliphatic rings. The van der Waals surface area contributed by atoms with Gasteiger partial charge >= 0.3 is 0 Å². The lowest BCUT2D eigenvalue weighted by atomic mass is 10.1. The van der Waals surface area contributed by atoms with Gasteiger partial charge in [0.2, 0.25) is 5.13 Å². The lowest BCUT2D eigenvalue weighted by molar-refractivity contribution is 0.0471. The summed E-state index contributed by atoms with van der Waals surface area (Å²) in [7, 11) is 0. The molecule has 1 saturated heterocycles. The van der Waals surface area contributed by atoms with Gasteiger partial charge in [0.1, 0.15) is 5.01 Å². The van der Waals surface area contributed by atoms with Gasteiger partial charge in [-0.15, -0.1) is 21.8 Å². The molecular weight excluding hydrogens is 246 g/mol. The standard InChI is InChI=1S/C10H16ClN3OS/c1-8-12-13-10(16-8)14-5-2-9(3-6-14)15-7-4-11/h9H,2-7H2,1H3. The van der Waals surface area contributed by atoms with Gasteiger partial charge in [0, 0.05) is 19.0 Å². The maximum absolute atomic E-state index is 5.63. The van der Waals surface area contributed by atoms with Crippen molar-refractivity contribution >= 4 is 28.1 Å². The first-order valence-electron chi connectivity index (χ1n) is 5.52. The molecule has 0 radical (unpaired) electrons. The fourth-order valence-electron chi connectivity index (χ4n) is 1.84. The van der Waals surface area contributed by atoms with E-state index >= 15 is 0 Å². The average Bonchev–Trinajstić information content (AvgIpc) is 2.74. The van der Waals surface area contributed by atoms with Gasteiger partial charge in [-0.25, -0.2) is 0 Å². The monoisotopic (exact) mass is 261 g/mol. The Balaban J connectivity index is 1.81. The fraction of sp³-hybridized carbons (Fsp3) is 0.800. The average molecular weight is 262 g/mol. The molecule has 0 bridgehead atoms. The molecule has 0 atom stereocenters. The van der Waals surface area contributed by atoms with Crippen molar-refractivity contribution in [3.05, 3.63) is 5.01 Å². The van der Waals surface area contributed by atoms with Crippen molar-refractivity contribution in [2.45, 2.75) is 25.9 Å². The van der Waals surface area contributed by atoms with Crippen LogP contribution in [0.4, 0.5) is 5.13 Å². The first-order valence-corrected chi connectivity index (χ1v) is 6.87. The van der Waals surface area contributed by atoms with E-state index in [1.54, 1.807) is 11.3 Å². The lowest BCUT2D eigenvalue weighted by Gasteiger charge is -2.31. The zero-order valence-electron chi connectivity index (χ0n) is 9.36. The van der Waals surface area contributed by atoms with Crippen molar-refractivity contribution in [2.24, 2.45) is 0 Å². The minimum Gasteiger partial charge on any atom is -0.377 e. The summed E-state index contributed by atoms with van der Waals surface area (Å²) in [6.07, 6.45) is 2.47. The van der Waals surface area contributed by atoms with E-state index in [0.717, 1.165) is 36.1 Å². The fourth-order valence-corrected chi connectivity index (χ4v) is 2.67. The Morgan fingerprint density at radius 1 is 1.44 bits per heavy atom. The highest BCUT2D eigenvalue weighted by Gasteiger charge is 2.21. The van der Waals surface area contributed by atoms with E-state index in [1.807, 2.05) is 6.92 Å². The number of halogens is 1. The maximum atomic E-state index is 5.63. The molecule has 1 aromatic rings. The molecule has 16 heavy (non-hydrogen) atoms. The maximum Gasteiger partial charge on any atom is 0.208 e. The van der Waals surface area contributed by atoms with E-state index in [9.17, 15) is 0 Å². The van der Waals surface area contributed by atoms with Crippen molar-refractivity contribution in [2.75, 3.05) is 30.5 Å². The Morgan fingerprint density at radius 2 is 2.19 bits per heavy atom. The third-order valence-electron chi connectivity index (χ3n) is 2.66. The molecule has 0 amide bonds. The van der Waals surface area contributed by atoms with Crippen LogP contribution in [0.5, 0.6) is 0 Å². The SMILES string of the molecule is Cc1nnc(N2CCC(OCCCl)CC2)s1. The van der Waals surface area contributed by atoms with Crippen molar-refractivity contribution in [1.29, 1.82) is 0 Å². The largest absolute Gasteiger partial charge is 0.377 e. The third-order valence-corrected chi connectivity index (χ3v) is 3.71. The molecule has 0 spiro atoms. The van der Waals surface area contributed by atoms with Crippen LogP contribution < -0.4 is 4.90 Å².